The molecule has 2 aromatic rings. The van der Waals surface area contributed by atoms with E-state index in [9.17, 15) is 14.0 Å². The molecular formula is C17H19FN4O2. The van der Waals surface area contributed by atoms with Crippen molar-refractivity contribution in [3.63, 3.8) is 0 Å². The van der Waals surface area contributed by atoms with E-state index < -0.39 is 11.7 Å². The van der Waals surface area contributed by atoms with Crippen molar-refractivity contribution in [1.82, 2.24) is 20.9 Å². The second-order valence-corrected chi connectivity index (χ2v) is 5.05. The fourth-order valence-electron chi connectivity index (χ4n) is 1.98. The molecule has 0 bridgehead atoms. The van der Waals surface area contributed by atoms with Gasteiger partial charge in [0.1, 0.15) is 5.82 Å². The topological polar surface area (TPSA) is 83.1 Å². The second-order valence-electron chi connectivity index (χ2n) is 5.05. The maximum Gasteiger partial charge on any atom is 0.315 e. The standard InChI is InChI=1S/C17H19FN4O2/c18-15-5-2-1-4-14(15)16(23)20-8-3-9-21-17(24)22-12-13-6-10-19-11-7-13/h1-2,4-7,10-11H,3,8-9,12H2,(H,20,23)(H2,21,22,24). The quantitative estimate of drug-likeness (QED) is 0.678. The molecule has 3 N–H and O–H groups in total. The minimum Gasteiger partial charge on any atom is -0.352 e. The summed E-state index contributed by atoms with van der Waals surface area (Å²) in [6, 6.07) is 9.15. The van der Waals surface area contributed by atoms with Gasteiger partial charge in [0.15, 0.2) is 0 Å². The highest BCUT2D eigenvalue weighted by Crippen LogP contribution is 2.05. The number of benzene rings is 1. The third kappa shape index (κ3) is 5.68. The lowest BCUT2D eigenvalue weighted by molar-refractivity contribution is 0.0949. The van der Waals surface area contributed by atoms with Crippen LogP contribution < -0.4 is 16.0 Å². The Hall–Kier alpha value is -2.96. The molecule has 0 unspecified atom stereocenters. The molecule has 0 fully saturated rings. The number of carbonyl (C=O) groups excluding carboxylic acids is 2. The maximum atomic E-state index is 13.4. The van der Waals surface area contributed by atoms with Gasteiger partial charge in [-0.15, -0.1) is 0 Å². The zero-order valence-electron chi connectivity index (χ0n) is 13.1. The summed E-state index contributed by atoms with van der Waals surface area (Å²) in [7, 11) is 0. The Bertz CT molecular complexity index is 679. The summed E-state index contributed by atoms with van der Waals surface area (Å²) in [6.45, 7) is 1.16. The lowest BCUT2D eigenvalue weighted by atomic mass is 10.2. The first-order valence-electron chi connectivity index (χ1n) is 7.60. The monoisotopic (exact) mass is 330 g/mol. The van der Waals surface area contributed by atoms with E-state index in [0.29, 0.717) is 26.1 Å². The smallest absolute Gasteiger partial charge is 0.315 e. The Labute approximate surface area is 139 Å². The number of halogens is 1. The fraction of sp³-hybridized carbons (Fsp3) is 0.235. The Kier molecular flexibility index (Phi) is 6.70. The predicted molar refractivity (Wildman–Crippen MR) is 87.8 cm³/mol. The van der Waals surface area contributed by atoms with Crippen LogP contribution in [0.1, 0.15) is 22.3 Å². The molecule has 1 aromatic carbocycles. The summed E-state index contributed by atoms with van der Waals surface area (Å²) in [5.74, 6) is -1.01. The summed E-state index contributed by atoms with van der Waals surface area (Å²) in [5, 5.41) is 8.02. The third-order valence-corrected chi connectivity index (χ3v) is 3.25. The lowest BCUT2D eigenvalue weighted by Crippen LogP contribution is -2.37. The van der Waals surface area contributed by atoms with Crippen molar-refractivity contribution in [1.29, 1.82) is 0 Å². The number of urea groups is 1. The zero-order valence-corrected chi connectivity index (χ0v) is 13.1. The molecule has 0 atom stereocenters. The number of nitrogens with zero attached hydrogens (tertiary/aromatic N) is 1. The molecule has 0 spiro atoms. The largest absolute Gasteiger partial charge is 0.352 e. The van der Waals surface area contributed by atoms with E-state index in [1.54, 1.807) is 18.5 Å². The number of pyridine rings is 1. The molecule has 24 heavy (non-hydrogen) atoms. The van der Waals surface area contributed by atoms with Crippen LogP contribution in [0.15, 0.2) is 48.8 Å². The van der Waals surface area contributed by atoms with Gasteiger partial charge in [-0.1, -0.05) is 12.1 Å². The SMILES string of the molecule is O=C(NCCCNC(=O)c1ccccc1F)NCc1ccncc1. The van der Waals surface area contributed by atoms with E-state index in [4.69, 9.17) is 0 Å². The molecule has 126 valence electrons. The molecule has 3 amide bonds. The van der Waals surface area contributed by atoms with E-state index in [1.165, 1.54) is 18.2 Å². The van der Waals surface area contributed by atoms with Crippen molar-refractivity contribution in [2.45, 2.75) is 13.0 Å². The van der Waals surface area contributed by atoms with Crippen LogP contribution in [0.2, 0.25) is 0 Å². The molecule has 7 heteroatoms. The van der Waals surface area contributed by atoms with Crippen molar-refractivity contribution in [3.8, 4) is 0 Å². The van der Waals surface area contributed by atoms with Gasteiger partial charge in [0.05, 0.1) is 5.56 Å². The van der Waals surface area contributed by atoms with E-state index in [2.05, 4.69) is 20.9 Å². The van der Waals surface area contributed by atoms with Gasteiger partial charge >= 0.3 is 6.03 Å². The fourth-order valence-corrected chi connectivity index (χ4v) is 1.98. The van der Waals surface area contributed by atoms with Gasteiger partial charge in [-0.25, -0.2) is 9.18 Å². The molecule has 6 nitrogen and oxygen atoms in total. The Morgan fingerprint density at radius 3 is 2.42 bits per heavy atom. The minimum absolute atomic E-state index is 0.0144. The molecular weight excluding hydrogens is 311 g/mol. The first kappa shape index (κ1) is 17.4. The molecule has 1 aromatic heterocycles. The van der Waals surface area contributed by atoms with Gasteiger partial charge in [0.25, 0.3) is 5.91 Å². The van der Waals surface area contributed by atoms with Crippen molar-refractivity contribution >= 4 is 11.9 Å². The third-order valence-electron chi connectivity index (χ3n) is 3.25. The summed E-state index contributed by atoms with van der Waals surface area (Å²) in [5.41, 5.74) is 0.970. The highest BCUT2D eigenvalue weighted by Gasteiger charge is 2.09. The number of carbonyl (C=O) groups is 2. The first-order chi connectivity index (χ1) is 11.7. The number of amides is 3. The lowest BCUT2D eigenvalue weighted by Gasteiger charge is -2.08. The van der Waals surface area contributed by atoms with Crippen LogP contribution in [0, 0.1) is 5.82 Å². The number of rotatable bonds is 7. The average Bonchev–Trinajstić information content (AvgIpc) is 2.61. The molecule has 0 radical (unpaired) electrons. The Morgan fingerprint density at radius 1 is 0.958 bits per heavy atom. The number of aromatic nitrogens is 1. The van der Waals surface area contributed by atoms with Crippen LogP contribution in [-0.2, 0) is 6.54 Å². The van der Waals surface area contributed by atoms with Crippen molar-refractivity contribution < 1.29 is 14.0 Å². The molecule has 0 aliphatic rings. The first-order valence-corrected chi connectivity index (χ1v) is 7.60. The second kappa shape index (κ2) is 9.24. The number of hydrogen-bond donors (Lipinski definition) is 3. The van der Waals surface area contributed by atoms with Gasteiger partial charge in [0.2, 0.25) is 0 Å². The Balaban J connectivity index is 1.58. The number of nitrogens with one attached hydrogen (secondary N) is 3. The minimum atomic E-state index is -0.552. The highest BCUT2D eigenvalue weighted by molar-refractivity contribution is 5.94. The van der Waals surface area contributed by atoms with Crippen LogP contribution in [0.25, 0.3) is 0 Å². The molecule has 2 rings (SSSR count). The van der Waals surface area contributed by atoms with Gasteiger partial charge in [-0.05, 0) is 36.2 Å². The van der Waals surface area contributed by atoms with Crippen LogP contribution in [0.3, 0.4) is 0 Å². The summed E-state index contributed by atoms with van der Waals surface area (Å²) >= 11 is 0. The summed E-state index contributed by atoms with van der Waals surface area (Å²) in [4.78, 5) is 27.3. The van der Waals surface area contributed by atoms with Gasteiger partial charge in [-0.2, -0.15) is 0 Å². The Morgan fingerprint density at radius 2 is 1.67 bits per heavy atom. The molecule has 0 saturated heterocycles. The molecule has 0 aliphatic heterocycles. The van der Waals surface area contributed by atoms with Gasteiger partial charge in [0, 0.05) is 32.0 Å². The van der Waals surface area contributed by atoms with Gasteiger partial charge in [-0.3, -0.25) is 9.78 Å². The summed E-state index contributed by atoms with van der Waals surface area (Å²) in [6.07, 6.45) is 3.86. The summed E-state index contributed by atoms with van der Waals surface area (Å²) < 4.78 is 13.4. The van der Waals surface area contributed by atoms with Crippen LogP contribution >= 0.6 is 0 Å². The average molecular weight is 330 g/mol. The van der Waals surface area contributed by atoms with Crippen molar-refractivity contribution in [2.75, 3.05) is 13.1 Å². The predicted octanol–water partition coefficient (Wildman–Crippen LogP) is 1.84. The number of hydrogen-bond acceptors (Lipinski definition) is 3. The molecule has 1 heterocycles. The zero-order chi connectivity index (χ0) is 17.2. The maximum absolute atomic E-state index is 13.4. The van der Waals surface area contributed by atoms with Crippen molar-refractivity contribution in [2.24, 2.45) is 0 Å². The van der Waals surface area contributed by atoms with E-state index in [0.717, 1.165) is 5.56 Å². The van der Waals surface area contributed by atoms with Crippen LogP contribution in [0.4, 0.5) is 9.18 Å². The molecule has 0 aliphatic carbocycles. The highest BCUT2D eigenvalue weighted by atomic mass is 19.1. The van der Waals surface area contributed by atoms with Crippen LogP contribution in [-0.4, -0.2) is 30.0 Å². The molecule has 0 saturated carbocycles. The van der Waals surface area contributed by atoms with E-state index >= 15 is 0 Å². The van der Waals surface area contributed by atoms with Gasteiger partial charge < -0.3 is 16.0 Å². The van der Waals surface area contributed by atoms with Crippen LogP contribution in [0.5, 0.6) is 0 Å². The van der Waals surface area contributed by atoms with E-state index in [1.807, 2.05) is 12.1 Å². The van der Waals surface area contributed by atoms with E-state index in [-0.39, 0.29) is 11.6 Å². The van der Waals surface area contributed by atoms with Crippen molar-refractivity contribution in [3.05, 3.63) is 65.7 Å². The normalized spacial score (nSPS) is 10.0.